The first kappa shape index (κ1) is 15.6. The predicted octanol–water partition coefficient (Wildman–Crippen LogP) is 4.10. The number of anilines is 1. The lowest BCUT2D eigenvalue weighted by atomic mass is 10.2. The Labute approximate surface area is 139 Å². The van der Waals surface area contributed by atoms with Crippen molar-refractivity contribution in [2.45, 2.75) is 6.61 Å². The molecule has 0 saturated carbocycles. The van der Waals surface area contributed by atoms with Crippen molar-refractivity contribution in [3.05, 3.63) is 66.6 Å². The zero-order valence-electron chi connectivity index (χ0n) is 13.1. The third-order valence-electron chi connectivity index (χ3n) is 3.25. The van der Waals surface area contributed by atoms with Gasteiger partial charge in [-0.15, -0.1) is 0 Å². The summed E-state index contributed by atoms with van der Waals surface area (Å²) < 4.78 is 15.7. The zero-order valence-corrected chi connectivity index (χ0v) is 13.1. The molecule has 0 fully saturated rings. The minimum absolute atomic E-state index is 0.292. The van der Waals surface area contributed by atoms with E-state index in [2.05, 4.69) is 15.0 Å². The standard InChI is InChI=1S/C18H16N2O4/c1-22-18(21)20-14-7-9-16(10-8-14)23-11-15-12-24-17(19-15)13-5-3-2-4-6-13/h2-10,12H,11H2,1H3,(H,20,21). The minimum Gasteiger partial charge on any atom is -0.487 e. The number of nitrogens with zero attached hydrogens (tertiary/aromatic N) is 1. The topological polar surface area (TPSA) is 73.6 Å². The Hall–Kier alpha value is -3.28. The molecule has 6 nitrogen and oxygen atoms in total. The molecule has 24 heavy (non-hydrogen) atoms. The second-order valence-corrected chi connectivity index (χ2v) is 4.94. The first-order chi connectivity index (χ1) is 11.7. The van der Waals surface area contributed by atoms with Gasteiger partial charge in [0.05, 0.1) is 7.11 Å². The summed E-state index contributed by atoms with van der Waals surface area (Å²) in [6.07, 6.45) is 1.06. The minimum atomic E-state index is -0.514. The van der Waals surface area contributed by atoms with Crippen LogP contribution in [-0.2, 0) is 11.3 Å². The Kier molecular flexibility index (Phi) is 4.76. The molecule has 0 spiro atoms. The number of rotatable bonds is 5. The van der Waals surface area contributed by atoms with Crippen LogP contribution in [0.1, 0.15) is 5.69 Å². The van der Waals surface area contributed by atoms with Gasteiger partial charge in [0.15, 0.2) is 0 Å². The second kappa shape index (κ2) is 7.32. The lowest BCUT2D eigenvalue weighted by Crippen LogP contribution is -2.10. The molecule has 0 aliphatic heterocycles. The molecule has 0 bridgehead atoms. The van der Waals surface area contributed by atoms with Crippen LogP contribution in [0.25, 0.3) is 11.5 Å². The SMILES string of the molecule is COC(=O)Nc1ccc(OCc2coc(-c3ccccc3)n2)cc1. The summed E-state index contributed by atoms with van der Waals surface area (Å²) in [5.74, 6) is 1.22. The van der Waals surface area contributed by atoms with Gasteiger partial charge >= 0.3 is 6.09 Å². The summed E-state index contributed by atoms with van der Waals surface area (Å²) >= 11 is 0. The molecular weight excluding hydrogens is 308 g/mol. The van der Waals surface area contributed by atoms with Crippen molar-refractivity contribution in [2.75, 3.05) is 12.4 Å². The number of aromatic nitrogens is 1. The molecule has 0 aliphatic carbocycles. The number of hydrogen-bond acceptors (Lipinski definition) is 5. The fourth-order valence-electron chi connectivity index (χ4n) is 2.05. The molecular formula is C18H16N2O4. The summed E-state index contributed by atoms with van der Waals surface area (Å²) in [5, 5.41) is 2.57. The highest BCUT2D eigenvalue weighted by atomic mass is 16.5. The van der Waals surface area contributed by atoms with Gasteiger partial charge in [-0.05, 0) is 36.4 Å². The number of hydrogen-bond donors (Lipinski definition) is 1. The Morgan fingerprint density at radius 1 is 1.12 bits per heavy atom. The molecule has 1 heterocycles. The van der Waals surface area contributed by atoms with E-state index >= 15 is 0 Å². The van der Waals surface area contributed by atoms with Gasteiger partial charge in [0.25, 0.3) is 0 Å². The van der Waals surface area contributed by atoms with E-state index in [9.17, 15) is 4.79 Å². The van der Waals surface area contributed by atoms with Crippen LogP contribution >= 0.6 is 0 Å². The molecule has 2 aromatic carbocycles. The van der Waals surface area contributed by atoms with Gasteiger partial charge in [-0.3, -0.25) is 5.32 Å². The lowest BCUT2D eigenvalue weighted by molar-refractivity contribution is 0.187. The van der Waals surface area contributed by atoms with E-state index in [1.165, 1.54) is 7.11 Å². The van der Waals surface area contributed by atoms with Gasteiger partial charge in [-0.1, -0.05) is 18.2 Å². The van der Waals surface area contributed by atoms with Crippen LogP contribution in [0.15, 0.2) is 65.3 Å². The van der Waals surface area contributed by atoms with E-state index < -0.39 is 6.09 Å². The number of oxazole rings is 1. The van der Waals surface area contributed by atoms with Crippen molar-refractivity contribution in [1.29, 1.82) is 0 Å². The number of methoxy groups -OCH3 is 1. The Bertz CT molecular complexity index is 797. The molecule has 1 aromatic heterocycles. The predicted molar refractivity (Wildman–Crippen MR) is 88.7 cm³/mol. The van der Waals surface area contributed by atoms with E-state index in [-0.39, 0.29) is 0 Å². The van der Waals surface area contributed by atoms with Gasteiger partial charge in [-0.25, -0.2) is 9.78 Å². The Morgan fingerprint density at radius 3 is 2.58 bits per heavy atom. The van der Waals surface area contributed by atoms with Crippen molar-refractivity contribution in [1.82, 2.24) is 4.98 Å². The first-order valence-corrected chi connectivity index (χ1v) is 7.32. The number of carbonyl (C=O) groups is 1. The second-order valence-electron chi connectivity index (χ2n) is 4.94. The van der Waals surface area contributed by atoms with E-state index in [0.717, 1.165) is 5.56 Å². The average molecular weight is 324 g/mol. The maximum absolute atomic E-state index is 11.1. The monoisotopic (exact) mass is 324 g/mol. The van der Waals surface area contributed by atoms with Crippen molar-refractivity contribution < 1.29 is 18.7 Å². The summed E-state index contributed by atoms with van der Waals surface area (Å²) in [6.45, 7) is 0.292. The highest BCUT2D eigenvalue weighted by Gasteiger charge is 2.07. The van der Waals surface area contributed by atoms with Crippen LogP contribution in [0.4, 0.5) is 10.5 Å². The third-order valence-corrected chi connectivity index (χ3v) is 3.25. The molecule has 1 amide bonds. The molecule has 122 valence electrons. The molecule has 0 unspecified atom stereocenters. The van der Waals surface area contributed by atoms with Crippen molar-refractivity contribution in [3.8, 4) is 17.2 Å². The molecule has 0 saturated heterocycles. The van der Waals surface area contributed by atoms with E-state index in [4.69, 9.17) is 9.15 Å². The van der Waals surface area contributed by atoms with E-state index in [1.807, 2.05) is 30.3 Å². The summed E-state index contributed by atoms with van der Waals surface area (Å²) in [6, 6.07) is 16.6. The van der Waals surface area contributed by atoms with E-state index in [1.54, 1.807) is 30.5 Å². The van der Waals surface area contributed by atoms with Gasteiger partial charge in [-0.2, -0.15) is 0 Å². The molecule has 0 atom stereocenters. The van der Waals surface area contributed by atoms with Crippen LogP contribution in [0.5, 0.6) is 5.75 Å². The summed E-state index contributed by atoms with van der Waals surface area (Å²) in [4.78, 5) is 15.5. The number of amides is 1. The normalized spacial score (nSPS) is 10.2. The summed E-state index contributed by atoms with van der Waals surface area (Å²) in [5.41, 5.74) is 2.25. The quantitative estimate of drug-likeness (QED) is 0.765. The van der Waals surface area contributed by atoms with Crippen molar-refractivity contribution >= 4 is 11.8 Å². The number of nitrogens with one attached hydrogen (secondary N) is 1. The van der Waals surface area contributed by atoms with Crippen LogP contribution in [0.2, 0.25) is 0 Å². The molecule has 0 radical (unpaired) electrons. The van der Waals surface area contributed by atoms with Gasteiger partial charge in [0.1, 0.15) is 24.3 Å². The van der Waals surface area contributed by atoms with Gasteiger partial charge < -0.3 is 13.9 Å². The Balaban J connectivity index is 1.58. The van der Waals surface area contributed by atoms with E-state index in [0.29, 0.717) is 29.6 Å². The maximum atomic E-state index is 11.1. The van der Waals surface area contributed by atoms with Gasteiger partial charge in [0.2, 0.25) is 5.89 Å². The van der Waals surface area contributed by atoms with Gasteiger partial charge in [0, 0.05) is 11.3 Å². The highest BCUT2D eigenvalue weighted by molar-refractivity contribution is 5.84. The third kappa shape index (κ3) is 3.92. The van der Waals surface area contributed by atoms with Crippen LogP contribution in [0, 0.1) is 0 Å². The number of carbonyl (C=O) groups excluding carboxylic acids is 1. The fraction of sp³-hybridized carbons (Fsp3) is 0.111. The van der Waals surface area contributed by atoms with Crippen LogP contribution < -0.4 is 10.1 Å². The van der Waals surface area contributed by atoms with Crippen LogP contribution in [-0.4, -0.2) is 18.2 Å². The molecule has 3 rings (SSSR count). The molecule has 1 N–H and O–H groups in total. The average Bonchev–Trinajstić information content (AvgIpc) is 3.11. The first-order valence-electron chi connectivity index (χ1n) is 7.32. The highest BCUT2D eigenvalue weighted by Crippen LogP contribution is 2.20. The Morgan fingerprint density at radius 2 is 1.88 bits per heavy atom. The van der Waals surface area contributed by atoms with Crippen molar-refractivity contribution in [2.24, 2.45) is 0 Å². The summed E-state index contributed by atoms with van der Waals surface area (Å²) in [7, 11) is 1.31. The fourth-order valence-corrected chi connectivity index (χ4v) is 2.05. The van der Waals surface area contributed by atoms with Crippen molar-refractivity contribution in [3.63, 3.8) is 0 Å². The largest absolute Gasteiger partial charge is 0.487 e. The number of benzene rings is 2. The maximum Gasteiger partial charge on any atom is 0.411 e. The zero-order chi connectivity index (χ0) is 16.8. The molecule has 0 aliphatic rings. The molecule has 3 aromatic rings. The smallest absolute Gasteiger partial charge is 0.411 e. The number of ether oxygens (including phenoxy) is 2. The molecule has 6 heteroatoms. The van der Waals surface area contributed by atoms with Crippen LogP contribution in [0.3, 0.4) is 0 Å². The lowest BCUT2D eigenvalue weighted by Gasteiger charge is -2.06.